The van der Waals surface area contributed by atoms with Crippen molar-refractivity contribution >= 4 is 23.4 Å². The van der Waals surface area contributed by atoms with Crippen LogP contribution in [0.2, 0.25) is 0 Å². The number of amides is 3. The van der Waals surface area contributed by atoms with Crippen molar-refractivity contribution in [2.24, 2.45) is 5.92 Å². The van der Waals surface area contributed by atoms with Gasteiger partial charge in [0.2, 0.25) is 17.7 Å². The molecule has 4 heterocycles. The maximum atomic E-state index is 12.7. The van der Waals surface area contributed by atoms with E-state index in [9.17, 15) is 14.4 Å². The van der Waals surface area contributed by atoms with Crippen LogP contribution in [0.3, 0.4) is 0 Å². The molecule has 1 aromatic rings. The molecule has 8 nitrogen and oxygen atoms in total. The van der Waals surface area contributed by atoms with Gasteiger partial charge in [-0.15, -0.1) is 0 Å². The summed E-state index contributed by atoms with van der Waals surface area (Å²) in [6.45, 7) is 5.62. The first-order valence-electron chi connectivity index (χ1n) is 10.6. The Bertz CT molecular complexity index is 763. The average molecular weight is 399 g/mol. The largest absolute Gasteiger partial charge is 0.368 e. The number of carbonyl (C=O) groups is 3. The second-order valence-corrected chi connectivity index (χ2v) is 8.29. The van der Waals surface area contributed by atoms with E-state index in [4.69, 9.17) is 0 Å². The highest BCUT2D eigenvalue weighted by Crippen LogP contribution is 2.25. The molecule has 3 fully saturated rings. The first-order chi connectivity index (χ1) is 14.0. The monoisotopic (exact) mass is 399 g/mol. The third-order valence-electron chi connectivity index (χ3n) is 6.42. The van der Waals surface area contributed by atoms with Gasteiger partial charge in [-0.1, -0.05) is 0 Å². The van der Waals surface area contributed by atoms with E-state index in [-0.39, 0.29) is 30.2 Å². The summed E-state index contributed by atoms with van der Waals surface area (Å²) in [5.74, 6) is -0.571. The lowest BCUT2D eigenvalue weighted by atomic mass is 9.99. The number of nitrogens with zero attached hydrogens (tertiary/aromatic N) is 4. The number of carbonyl (C=O) groups excluding carboxylic acids is 3. The molecule has 156 valence electrons. The number of pyridine rings is 1. The van der Waals surface area contributed by atoms with E-state index in [1.807, 2.05) is 28.9 Å². The lowest BCUT2D eigenvalue weighted by Crippen LogP contribution is -2.49. The third kappa shape index (κ3) is 4.21. The molecule has 0 spiro atoms. The van der Waals surface area contributed by atoms with Crippen LogP contribution in [0, 0.1) is 5.92 Å². The quantitative estimate of drug-likeness (QED) is 0.803. The van der Waals surface area contributed by atoms with Crippen LogP contribution >= 0.6 is 0 Å². The van der Waals surface area contributed by atoms with E-state index in [2.05, 4.69) is 15.2 Å². The number of piperazine rings is 1. The molecule has 0 bridgehead atoms. The van der Waals surface area contributed by atoms with E-state index in [0.29, 0.717) is 19.5 Å². The fraction of sp³-hybridized carbons (Fsp3) is 0.619. The number of aromatic nitrogens is 1. The summed E-state index contributed by atoms with van der Waals surface area (Å²) in [7, 11) is 0. The molecule has 0 aliphatic carbocycles. The Morgan fingerprint density at radius 3 is 2.52 bits per heavy atom. The summed E-state index contributed by atoms with van der Waals surface area (Å²) in [5.41, 5.74) is 1.11. The van der Waals surface area contributed by atoms with Gasteiger partial charge < -0.3 is 20.0 Å². The Morgan fingerprint density at radius 2 is 1.86 bits per heavy atom. The SMILES string of the molecule is C[C@@H]1CCCN1C(=O)[C@@H]1C[C@@H](CC(=O)N2CCN(c3ccncc3)CC2)C(=O)N1. The smallest absolute Gasteiger partial charge is 0.245 e. The van der Waals surface area contributed by atoms with Crippen LogP contribution < -0.4 is 10.2 Å². The zero-order valence-electron chi connectivity index (χ0n) is 16.9. The maximum absolute atomic E-state index is 12.7. The van der Waals surface area contributed by atoms with Gasteiger partial charge in [0.05, 0.1) is 0 Å². The predicted octanol–water partition coefficient (Wildman–Crippen LogP) is 0.636. The molecule has 0 saturated carbocycles. The van der Waals surface area contributed by atoms with Gasteiger partial charge in [0, 0.05) is 69.2 Å². The van der Waals surface area contributed by atoms with Crippen LogP contribution in [0.15, 0.2) is 24.5 Å². The van der Waals surface area contributed by atoms with E-state index >= 15 is 0 Å². The summed E-state index contributed by atoms with van der Waals surface area (Å²) < 4.78 is 0. The zero-order chi connectivity index (χ0) is 20.4. The average Bonchev–Trinajstić information content (AvgIpc) is 3.34. The number of anilines is 1. The number of rotatable bonds is 4. The first kappa shape index (κ1) is 19.7. The molecule has 3 aliphatic rings. The molecule has 8 heteroatoms. The molecular weight excluding hydrogens is 370 g/mol. The highest BCUT2D eigenvalue weighted by atomic mass is 16.2. The summed E-state index contributed by atoms with van der Waals surface area (Å²) in [6.07, 6.45) is 6.17. The second-order valence-electron chi connectivity index (χ2n) is 8.29. The number of hydrogen-bond donors (Lipinski definition) is 1. The van der Waals surface area contributed by atoms with Crippen molar-refractivity contribution in [2.75, 3.05) is 37.6 Å². The Morgan fingerprint density at radius 1 is 1.14 bits per heavy atom. The van der Waals surface area contributed by atoms with Crippen LogP contribution in [-0.4, -0.2) is 77.3 Å². The number of hydrogen-bond acceptors (Lipinski definition) is 5. The molecule has 4 rings (SSSR count). The number of nitrogens with one attached hydrogen (secondary N) is 1. The summed E-state index contributed by atoms with van der Waals surface area (Å²) in [6, 6.07) is 3.69. The molecule has 1 N–H and O–H groups in total. The lowest BCUT2D eigenvalue weighted by molar-refractivity contribution is -0.135. The van der Waals surface area contributed by atoms with E-state index < -0.39 is 12.0 Å². The Hall–Kier alpha value is -2.64. The van der Waals surface area contributed by atoms with Gasteiger partial charge in [-0.25, -0.2) is 0 Å². The van der Waals surface area contributed by atoms with E-state index in [1.54, 1.807) is 12.4 Å². The first-order valence-corrected chi connectivity index (χ1v) is 10.6. The van der Waals surface area contributed by atoms with Crippen LogP contribution in [0.1, 0.15) is 32.6 Å². The van der Waals surface area contributed by atoms with Gasteiger partial charge in [0.15, 0.2) is 0 Å². The normalized spacial score (nSPS) is 27.3. The van der Waals surface area contributed by atoms with Crippen molar-refractivity contribution in [3.8, 4) is 0 Å². The lowest BCUT2D eigenvalue weighted by Gasteiger charge is -2.36. The fourth-order valence-corrected chi connectivity index (χ4v) is 4.65. The van der Waals surface area contributed by atoms with Crippen LogP contribution in [-0.2, 0) is 14.4 Å². The minimum absolute atomic E-state index is 0.00201. The molecule has 0 radical (unpaired) electrons. The van der Waals surface area contributed by atoms with Crippen LogP contribution in [0.5, 0.6) is 0 Å². The summed E-state index contributed by atoms with van der Waals surface area (Å²) in [5, 5.41) is 2.82. The van der Waals surface area contributed by atoms with E-state index in [1.165, 1.54) is 0 Å². The summed E-state index contributed by atoms with van der Waals surface area (Å²) >= 11 is 0. The molecule has 0 unspecified atom stereocenters. The van der Waals surface area contributed by atoms with Crippen LogP contribution in [0.25, 0.3) is 0 Å². The Labute approximate surface area is 171 Å². The maximum Gasteiger partial charge on any atom is 0.245 e. The topological polar surface area (TPSA) is 85.9 Å². The van der Waals surface area contributed by atoms with Crippen LogP contribution in [0.4, 0.5) is 5.69 Å². The molecule has 1 aromatic heterocycles. The van der Waals surface area contributed by atoms with E-state index in [0.717, 1.165) is 38.2 Å². The third-order valence-corrected chi connectivity index (χ3v) is 6.42. The van der Waals surface area contributed by atoms with Gasteiger partial charge in [0.25, 0.3) is 0 Å². The number of likely N-dealkylation sites (tertiary alicyclic amines) is 1. The molecule has 3 aliphatic heterocycles. The molecule has 3 atom stereocenters. The minimum atomic E-state index is -0.482. The Balaban J connectivity index is 1.28. The molecule has 0 aromatic carbocycles. The Kier molecular flexibility index (Phi) is 5.69. The standard InChI is InChI=1S/C21H29N5O3/c1-15-3-2-8-26(15)21(29)18-13-16(20(28)23-18)14-19(27)25-11-9-24(10-12-25)17-4-6-22-7-5-17/h4-7,15-16,18H,2-3,8-14H2,1H3,(H,23,28)/t15-,16+,18+/m1/s1. The van der Waals surface area contributed by atoms with Crippen molar-refractivity contribution in [2.45, 2.75) is 44.7 Å². The highest BCUT2D eigenvalue weighted by molar-refractivity contribution is 5.94. The van der Waals surface area contributed by atoms with Crippen molar-refractivity contribution < 1.29 is 14.4 Å². The van der Waals surface area contributed by atoms with Gasteiger partial charge in [-0.2, -0.15) is 0 Å². The minimum Gasteiger partial charge on any atom is -0.368 e. The fourth-order valence-electron chi connectivity index (χ4n) is 4.65. The molecule has 29 heavy (non-hydrogen) atoms. The van der Waals surface area contributed by atoms with Crippen molar-refractivity contribution in [3.05, 3.63) is 24.5 Å². The summed E-state index contributed by atoms with van der Waals surface area (Å²) in [4.78, 5) is 47.8. The van der Waals surface area contributed by atoms with Crippen molar-refractivity contribution in [1.29, 1.82) is 0 Å². The van der Waals surface area contributed by atoms with Gasteiger partial charge in [-0.05, 0) is 38.3 Å². The van der Waals surface area contributed by atoms with Crippen molar-refractivity contribution in [1.82, 2.24) is 20.1 Å². The van der Waals surface area contributed by atoms with Gasteiger partial charge in [0.1, 0.15) is 6.04 Å². The zero-order valence-corrected chi connectivity index (χ0v) is 16.9. The highest BCUT2D eigenvalue weighted by Gasteiger charge is 2.41. The molecule has 3 amide bonds. The van der Waals surface area contributed by atoms with Gasteiger partial charge in [-0.3, -0.25) is 19.4 Å². The molecule has 3 saturated heterocycles. The molecular formula is C21H29N5O3. The van der Waals surface area contributed by atoms with Gasteiger partial charge >= 0.3 is 0 Å². The second kappa shape index (κ2) is 8.39. The predicted molar refractivity (Wildman–Crippen MR) is 108 cm³/mol. The van der Waals surface area contributed by atoms with Crippen molar-refractivity contribution in [3.63, 3.8) is 0 Å².